The number of methoxy groups -OCH3 is 1. The molecule has 1 aliphatic heterocycles. The predicted molar refractivity (Wildman–Crippen MR) is 143 cm³/mol. The molecule has 1 saturated carbocycles. The highest BCUT2D eigenvalue weighted by Crippen LogP contribution is 2.75. The Hall–Kier alpha value is -3.99. The monoisotopic (exact) mass is 491 g/mol. The van der Waals surface area contributed by atoms with E-state index in [1.165, 1.54) is 4.90 Å². The highest BCUT2D eigenvalue weighted by molar-refractivity contribution is 6.34. The van der Waals surface area contributed by atoms with E-state index in [0.717, 1.165) is 22.3 Å². The minimum Gasteiger partial charge on any atom is -0.497 e. The molecular formula is C32H29NO4. The first-order valence-electron chi connectivity index (χ1n) is 12.8. The molecule has 5 nitrogen and oxygen atoms in total. The molecule has 2 amide bonds. The maximum Gasteiger partial charge on any atom is 0.239 e. The highest BCUT2D eigenvalue weighted by atomic mass is 16.5. The molecule has 3 aliphatic rings. The van der Waals surface area contributed by atoms with E-state index in [1.807, 2.05) is 74.5 Å². The van der Waals surface area contributed by atoms with Gasteiger partial charge in [0.2, 0.25) is 11.8 Å². The van der Waals surface area contributed by atoms with E-state index in [9.17, 15) is 14.4 Å². The Bertz CT molecular complexity index is 1460. The molecule has 2 aliphatic carbocycles. The second-order valence-corrected chi connectivity index (χ2v) is 10.4. The van der Waals surface area contributed by atoms with Gasteiger partial charge in [-0.1, -0.05) is 80.1 Å². The summed E-state index contributed by atoms with van der Waals surface area (Å²) in [5, 5.41) is 0. The summed E-state index contributed by atoms with van der Waals surface area (Å²) in [7, 11) is 1.56. The summed E-state index contributed by atoms with van der Waals surface area (Å²) in [6.07, 6.45) is 1.22. The number of benzene rings is 3. The Morgan fingerprint density at radius 2 is 1.38 bits per heavy atom. The van der Waals surface area contributed by atoms with E-state index in [2.05, 4.69) is 0 Å². The standard InChI is InChI=1S/C32H29NO4/c1-4-18-32-25(21-14-9-6-10-15-21)24(20-12-7-5-8-13-20)31(2,30(32)36)26-27(32)29(35)33(28(26)34)22-16-11-17-23(19-22)37-3/h5-17,19,26-27H,4,18H2,1-3H3. The summed E-state index contributed by atoms with van der Waals surface area (Å²) in [5.41, 5.74) is 1.94. The van der Waals surface area contributed by atoms with Crippen LogP contribution in [0.5, 0.6) is 5.75 Å². The van der Waals surface area contributed by atoms with Crippen LogP contribution in [0.2, 0.25) is 0 Å². The molecular weight excluding hydrogens is 462 g/mol. The summed E-state index contributed by atoms with van der Waals surface area (Å²) in [5.74, 6) is -1.54. The zero-order valence-corrected chi connectivity index (χ0v) is 21.2. The van der Waals surface area contributed by atoms with Crippen molar-refractivity contribution in [1.29, 1.82) is 0 Å². The third kappa shape index (κ3) is 2.88. The Kier molecular flexibility index (Phi) is 5.23. The zero-order valence-electron chi connectivity index (χ0n) is 21.2. The summed E-state index contributed by atoms with van der Waals surface area (Å²) in [4.78, 5) is 44.4. The molecule has 4 unspecified atom stereocenters. The number of ketones is 1. The Morgan fingerprint density at radius 3 is 1.97 bits per heavy atom. The van der Waals surface area contributed by atoms with Crippen molar-refractivity contribution < 1.29 is 19.1 Å². The second-order valence-electron chi connectivity index (χ2n) is 10.4. The van der Waals surface area contributed by atoms with Crippen molar-refractivity contribution in [2.75, 3.05) is 12.0 Å². The van der Waals surface area contributed by atoms with Gasteiger partial charge >= 0.3 is 0 Å². The lowest BCUT2D eigenvalue weighted by molar-refractivity contribution is -0.134. The van der Waals surface area contributed by atoms with Crippen LogP contribution < -0.4 is 9.64 Å². The number of carbonyl (C=O) groups excluding carboxylic acids is 3. The van der Waals surface area contributed by atoms with Crippen LogP contribution >= 0.6 is 0 Å². The molecule has 2 fully saturated rings. The lowest BCUT2D eigenvalue weighted by Crippen LogP contribution is -2.41. The molecule has 4 atom stereocenters. The van der Waals surface area contributed by atoms with E-state index < -0.39 is 22.7 Å². The number of Topliss-reactive ketones (excluding diaryl/α,β-unsaturated/α-hetero) is 1. The van der Waals surface area contributed by atoms with Gasteiger partial charge in [-0.25, -0.2) is 4.90 Å². The molecule has 2 bridgehead atoms. The number of hydrogen-bond donors (Lipinski definition) is 0. The van der Waals surface area contributed by atoms with Crippen LogP contribution in [0.1, 0.15) is 37.8 Å². The van der Waals surface area contributed by atoms with Gasteiger partial charge in [-0.15, -0.1) is 0 Å². The van der Waals surface area contributed by atoms with Crippen LogP contribution in [0.25, 0.3) is 11.1 Å². The highest BCUT2D eigenvalue weighted by Gasteiger charge is 2.80. The quantitative estimate of drug-likeness (QED) is 0.409. The van der Waals surface area contributed by atoms with Gasteiger partial charge in [-0.2, -0.15) is 0 Å². The smallest absolute Gasteiger partial charge is 0.239 e. The normalized spacial score (nSPS) is 28.3. The molecule has 3 aromatic rings. The second kappa shape index (κ2) is 8.27. The first-order chi connectivity index (χ1) is 17.9. The minimum absolute atomic E-state index is 0.00143. The number of allylic oxidation sites excluding steroid dienone is 2. The fourth-order valence-corrected chi connectivity index (χ4v) is 7.36. The molecule has 6 rings (SSSR count). The first kappa shape index (κ1) is 23.4. The number of fused-ring (bicyclic) bond motifs is 5. The fourth-order valence-electron chi connectivity index (χ4n) is 7.36. The molecule has 37 heavy (non-hydrogen) atoms. The van der Waals surface area contributed by atoms with Crippen molar-refractivity contribution in [2.45, 2.75) is 26.7 Å². The first-order valence-corrected chi connectivity index (χ1v) is 12.8. The molecule has 0 N–H and O–H groups in total. The van der Waals surface area contributed by atoms with Crippen molar-refractivity contribution >= 4 is 34.4 Å². The lowest BCUT2D eigenvalue weighted by atomic mass is 9.61. The third-order valence-corrected chi connectivity index (χ3v) is 8.63. The van der Waals surface area contributed by atoms with Gasteiger partial charge < -0.3 is 4.74 Å². The van der Waals surface area contributed by atoms with Crippen LogP contribution in [0.3, 0.4) is 0 Å². The van der Waals surface area contributed by atoms with Crippen molar-refractivity contribution in [2.24, 2.45) is 22.7 Å². The van der Waals surface area contributed by atoms with Gasteiger partial charge in [0.05, 0.1) is 35.5 Å². The number of hydrogen-bond acceptors (Lipinski definition) is 4. The number of amides is 2. The van der Waals surface area contributed by atoms with Gasteiger partial charge in [0.15, 0.2) is 5.78 Å². The molecule has 186 valence electrons. The number of imide groups is 1. The maximum atomic E-state index is 14.6. The van der Waals surface area contributed by atoms with Crippen molar-refractivity contribution in [3.8, 4) is 5.75 Å². The maximum absolute atomic E-state index is 14.6. The van der Waals surface area contributed by atoms with Gasteiger partial charge in [0.25, 0.3) is 0 Å². The van der Waals surface area contributed by atoms with E-state index >= 15 is 0 Å². The van der Waals surface area contributed by atoms with E-state index in [0.29, 0.717) is 24.3 Å². The average Bonchev–Trinajstić information content (AvgIpc) is 3.39. The SMILES string of the molecule is CCCC12C(=O)C(C)(C(c3ccccc3)=C1c1ccccc1)C1C(=O)N(c3cccc(OC)c3)C(=O)C12. The van der Waals surface area contributed by atoms with Crippen LogP contribution in [-0.2, 0) is 14.4 Å². The van der Waals surface area contributed by atoms with Crippen molar-refractivity contribution in [3.63, 3.8) is 0 Å². The van der Waals surface area contributed by atoms with Gasteiger partial charge in [0, 0.05) is 6.07 Å². The largest absolute Gasteiger partial charge is 0.497 e. The number of ether oxygens (including phenoxy) is 1. The zero-order chi connectivity index (χ0) is 25.9. The number of rotatable bonds is 6. The average molecular weight is 492 g/mol. The molecule has 1 saturated heterocycles. The Labute approximate surface area is 216 Å². The summed E-state index contributed by atoms with van der Waals surface area (Å²) < 4.78 is 5.37. The molecule has 0 aromatic heterocycles. The fraction of sp³-hybridized carbons (Fsp3) is 0.281. The molecule has 3 aromatic carbocycles. The summed E-state index contributed by atoms with van der Waals surface area (Å²) >= 11 is 0. The van der Waals surface area contributed by atoms with Crippen molar-refractivity contribution in [1.82, 2.24) is 0 Å². The van der Waals surface area contributed by atoms with E-state index in [1.54, 1.807) is 31.4 Å². The Balaban J connectivity index is 1.64. The van der Waals surface area contributed by atoms with Gasteiger partial charge in [0.1, 0.15) is 5.75 Å². The van der Waals surface area contributed by atoms with Crippen LogP contribution in [0.4, 0.5) is 5.69 Å². The molecule has 1 heterocycles. The topological polar surface area (TPSA) is 63.7 Å². The minimum atomic E-state index is -1.12. The molecule has 0 spiro atoms. The summed E-state index contributed by atoms with van der Waals surface area (Å²) in [6.45, 7) is 3.93. The van der Waals surface area contributed by atoms with Crippen LogP contribution in [0, 0.1) is 22.7 Å². The van der Waals surface area contributed by atoms with E-state index in [4.69, 9.17) is 4.74 Å². The van der Waals surface area contributed by atoms with Crippen LogP contribution in [-0.4, -0.2) is 24.7 Å². The predicted octanol–water partition coefficient (Wildman–Crippen LogP) is 5.80. The number of nitrogens with zero attached hydrogens (tertiary/aromatic N) is 1. The molecule has 5 heteroatoms. The lowest BCUT2D eigenvalue weighted by Gasteiger charge is -2.37. The Morgan fingerprint density at radius 1 is 0.784 bits per heavy atom. The number of carbonyl (C=O) groups is 3. The van der Waals surface area contributed by atoms with Crippen LogP contribution in [0.15, 0.2) is 84.9 Å². The van der Waals surface area contributed by atoms with Crippen molar-refractivity contribution in [3.05, 3.63) is 96.1 Å². The third-order valence-electron chi connectivity index (χ3n) is 8.63. The summed E-state index contributed by atoms with van der Waals surface area (Å²) in [6, 6.07) is 26.8. The number of anilines is 1. The van der Waals surface area contributed by atoms with Gasteiger partial charge in [-0.05, 0) is 47.8 Å². The van der Waals surface area contributed by atoms with Gasteiger partial charge in [-0.3, -0.25) is 14.4 Å². The molecule has 0 radical (unpaired) electrons. The van der Waals surface area contributed by atoms with E-state index in [-0.39, 0.29) is 17.6 Å².